The number of aryl methyl sites for hydroxylation is 3. The summed E-state index contributed by atoms with van der Waals surface area (Å²) in [4.78, 5) is 20.1. The zero-order valence-electron chi connectivity index (χ0n) is 10.4. The zero-order valence-corrected chi connectivity index (χ0v) is 10.4. The van der Waals surface area contributed by atoms with Crippen LogP contribution in [-0.4, -0.2) is 15.9 Å². The number of hydrogen-bond donors (Lipinski definition) is 2. The van der Waals surface area contributed by atoms with Crippen LogP contribution in [-0.2, 0) is 0 Å². The van der Waals surface area contributed by atoms with Gasteiger partial charge in [-0.3, -0.25) is 4.79 Å². The summed E-state index contributed by atoms with van der Waals surface area (Å²) >= 11 is 0. The molecular formula is C12H14N4O2. The molecule has 0 aromatic carbocycles. The molecule has 6 nitrogen and oxygen atoms in total. The summed E-state index contributed by atoms with van der Waals surface area (Å²) in [6.07, 6.45) is 1.49. The van der Waals surface area contributed by atoms with Crippen molar-refractivity contribution in [3.8, 4) is 0 Å². The van der Waals surface area contributed by atoms with E-state index in [1.807, 2.05) is 6.92 Å². The molecule has 0 aliphatic heterocycles. The highest BCUT2D eigenvalue weighted by Crippen LogP contribution is 2.16. The lowest BCUT2D eigenvalue weighted by atomic mass is 10.2. The fraction of sp³-hybridized carbons (Fsp3) is 0.250. The SMILES string of the molecule is Cc1nc(C)c(C(=O)Nc2ncc(N)cc2C)o1. The molecule has 0 aliphatic carbocycles. The van der Waals surface area contributed by atoms with E-state index in [2.05, 4.69) is 15.3 Å². The monoisotopic (exact) mass is 246 g/mol. The molecule has 2 heterocycles. The van der Waals surface area contributed by atoms with E-state index in [9.17, 15) is 4.79 Å². The van der Waals surface area contributed by atoms with E-state index in [-0.39, 0.29) is 11.7 Å². The van der Waals surface area contributed by atoms with Crippen LogP contribution < -0.4 is 11.1 Å². The third kappa shape index (κ3) is 2.32. The van der Waals surface area contributed by atoms with Crippen molar-refractivity contribution >= 4 is 17.4 Å². The number of nitrogens with zero attached hydrogens (tertiary/aromatic N) is 2. The molecule has 0 saturated carbocycles. The predicted molar refractivity (Wildman–Crippen MR) is 67.3 cm³/mol. The van der Waals surface area contributed by atoms with Gasteiger partial charge in [-0.15, -0.1) is 0 Å². The van der Waals surface area contributed by atoms with Crippen LogP contribution in [0.4, 0.5) is 11.5 Å². The van der Waals surface area contributed by atoms with Gasteiger partial charge in [0.05, 0.1) is 17.6 Å². The number of amides is 1. The first-order valence-corrected chi connectivity index (χ1v) is 5.45. The average Bonchev–Trinajstić information content (AvgIpc) is 2.62. The Hall–Kier alpha value is -2.37. The number of rotatable bonds is 2. The van der Waals surface area contributed by atoms with Gasteiger partial charge in [-0.2, -0.15) is 0 Å². The molecule has 0 spiro atoms. The maximum absolute atomic E-state index is 12.0. The summed E-state index contributed by atoms with van der Waals surface area (Å²) < 4.78 is 5.24. The highest BCUT2D eigenvalue weighted by molar-refractivity contribution is 6.02. The Morgan fingerprint density at radius 1 is 1.39 bits per heavy atom. The van der Waals surface area contributed by atoms with E-state index < -0.39 is 0 Å². The van der Waals surface area contributed by atoms with Crippen molar-refractivity contribution < 1.29 is 9.21 Å². The van der Waals surface area contributed by atoms with Gasteiger partial charge in [0.1, 0.15) is 5.82 Å². The smallest absolute Gasteiger partial charge is 0.294 e. The molecule has 6 heteroatoms. The number of nitrogen functional groups attached to an aromatic ring is 1. The van der Waals surface area contributed by atoms with E-state index in [1.54, 1.807) is 19.9 Å². The lowest BCUT2D eigenvalue weighted by molar-refractivity contribution is 0.0994. The zero-order chi connectivity index (χ0) is 13.3. The number of carbonyl (C=O) groups is 1. The molecule has 0 aliphatic rings. The topological polar surface area (TPSA) is 94.0 Å². The Labute approximate surface area is 104 Å². The third-order valence-electron chi connectivity index (χ3n) is 2.44. The Bertz CT molecular complexity index is 604. The molecule has 94 valence electrons. The fourth-order valence-electron chi connectivity index (χ4n) is 1.63. The van der Waals surface area contributed by atoms with E-state index in [0.29, 0.717) is 23.1 Å². The van der Waals surface area contributed by atoms with Crippen molar-refractivity contribution in [1.29, 1.82) is 0 Å². The summed E-state index contributed by atoms with van der Waals surface area (Å²) in [6.45, 7) is 5.22. The number of nitrogens with one attached hydrogen (secondary N) is 1. The standard InChI is InChI=1S/C12H14N4O2/c1-6-4-9(13)5-14-11(6)16-12(17)10-7(2)15-8(3)18-10/h4-5H,13H2,1-3H3,(H,14,16,17). The first kappa shape index (κ1) is 12.1. The molecule has 2 aromatic rings. The molecule has 2 rings (SSSR count). The second-order valence-electron chi connectivity index (χ2n) is 4.04. The molecule has 0 unspecified atom stereocenters. The fourth-order valence-corrected chi connectivity index (χ4v) is 1.63. The van der Waals surface area contributed by atoms with Crippen LogP contribution in [0.15, 0.2) is 16.7 Å². The Morgan fingerprint density at radius 3 is 2.67 bits per heavy atom. The van der Waals surface area contributed by atoms with Crippen molar-refractivity contribution in [3.63, 3.8) is 0 Å². The molecule has 0 radical (unpaired) electrons. The van der Waals surface area contributed by atoms with Crippen molar-refractivity contribution in [2.45, 2.75) is 20.8 Å². The Balaban J connectivity index is 2.24. The number of oxazole rings is 1. The molecular weight excluding hydrogens is 232 g/mol. The van der Waals surface area contributed by atoms with E-state index in [4.69, 9.17) is 10.2 Å². The van der Waals surface area contributed by atoms with Gasteiger partial charge in [0.2, 0.25) is 5.76 Å². The normalized spacial score (nSPS) is 10.4. The van der Waals surface area contributed by atoms with E-state index >= 15 is 0 Å². The molecule has 0 atom stereocenters. The number of hydrogen-bond acceptors (Lipinski definition) is 5. The van der Waals surface area contributed by atoms with Crippen LogP contribution >= 0.6 is 0 Å². The van der Waals surface area contributed by atoms with Crippen LogP contribution in [0, 0.1) is 20.8 Å². The lowest BCUT2D eigenvalue weighted by Crippen LogP contribution is -2.14. The second kappa shape index (κ2) is 4.48. The number of anilines is 2. The molecule has 1 amide bonds. The van der Waals surface area contributed by atoms with Gasteiger partial charge in [0.25, 0.3) is 5.91 Å². The summed E-state index contributed by atoms with van der Waals surface area (Å²) in [5.74, 6) is 0.751. The number of pyridine rings is 1. The van der Waals surface area contributed by atoms with Gasteiger partial charge >= 0.3 is 0 Å². The van der Waals surface area contributed by atoms with Gasteiger partial charge in [0, 0.05) is 6.92 Å². The molecule has 0 saturated heterocycles. The summed E-state index contributed by atoms with van der Waals surface area (Å²) in [5.41, 5.74) is 7.49. The minimum absolute atomic E-state index is 0.200. The minimum Gasteiger partial charge on any atom is -0.436 e. The van der Waals surface area contributed by atoms with Crippen LogP contribution in [0.5, 0.6) is 0 Å². The first-order chi connectivity index (χ1) is 8.47. The van der Waals surface area contributed by atoms with E-state index in [0.717, 1.165) is 5.56 Å². The van der Waals surface area contributed by atoms with Crippen molar-refractivity contribution in [3.05, 3.63) is 35.2 Å². The van der Waals surface area contributed by atoms with Gasteiger partial charge in [-0.25, -0.2) is 9.97 Å². The number of aromatic nitrogens is 2. The van der Waals surface area contributed by atoms with Gasteiger partial charge < -0.3 is 15.5 Å². The minimum atomic E-state index is -0.367. The maximum atomic E-state index is 12.0. The van der Waals surface area contributed by atoms with Gasteiger partial charge in [-0.05, 0) is 25.5 Å². The maximum Gasteiger partial charge on any atom is 0.294 e. The van der Waals surface area contributed by atoms with Crippen molar-refractivity contribution in [2.24, 2.45) is 0 Å². The van der Waals surface area contributed by atoms with Crippen molar-refractivity contribution in [1.82, 2.24) is 9.97 Å². The molecule has 2 aromatic heterocycles. The summed E-state index contributed by atoms with van der Waals surface area (Å²) in [5, 5.41) is 2.67. The van der Waals surface area contributed by atoms with Gasteiger partial charge in [0.15, 0.2) is 5.89 Å². The average molecular weight is 246 g/mol. The highest BCUT2D eigenvalue weighted by Gasteiger charge is 2.17. The Kier molecular flexibility index (Phi) is 3.01. The number of nitrogens with two attached hydrogens (primary N) is 1. The van der Waals surface area contributed by atoms with Crippen LogP contribution in [0.1, 0.15) is 27.7 Å². The van der Waals surface area contributed by atoms with Crippen LogP contribution in [0.25, 0.3) is 0 Å². The third-order valence-corrected chi connectivity index (χ3v) is 2.44. The summed E-state index contributed by atoms with van der Waals surface area (Å²) in [6, 6.07) is 1.74. The van der Waals surface area contributed by atoms with Crippen molar-refractivity contribution in [2.75, 3.05) is 11.1 Å². The van der Waals surface area contributed by atoms with Gasteiger partial charge in [-0.1, -0.05) is 0 Å². The van der Waals surface area contributed by atoms with E-state index in [1.165, 1.54) is 6.20 Å². The molecule has 18 heavy (non-hydrogen) atoms. The highest BCUT2D eigenvalue weighted by atomic mass is 16.4. The summed E-state index contributed by atoms with van der Waals surface area (Å²) in [7, 11) is 0. The molecule has 3 N–H and O–H groups in total. The first-order valence-electron chi connectivity index (χ1n) is 5.45. The largest absolute Gasteiger partial charge is 0.436 e. The molecule has 0 bridgehead atoms. The molecule has 0 fully saturated rings. The van der Waals surface area contributed by atoms with Crippen LogP contribution in [0.2, 0.25) is 0 Å². The second-order valence-corrected chi connectivity index (χ2v) is 4.04. The van der Waals surface area contributed by atoms with Crippen LogP contribution in [0.3, 0.4) is 0 Å². The Morgan fingerprint density at radius 2 is 2.11 bits per heavy atom. The lowest BCUT2D eigenvalue weighted by Gasteiger charge is -2.06. The number of carbonyl (C=O) groups excluding carboxylic acids is 1. The quantitative estimate of drug-likeness (QED) is 0.843. The predicted octanol–water partition coefficient (Wildman–Crippen LogP) is 1.83.